The fourth-order valence-corrected chi connectivity index (χ4v) is 2.34. The van der Waals surface area contributed by atoms with Crippen molar-refractivity contribution in [2.45, 2.75) is 31.9 Å². The highest BCUT2D eigenvalue weighted by Gasteiger charge is 2.29. The molecule has 1 aliphatic heterocycles. The third-order valence-electron chi connectivity index (χ3n) is 3.52. The molecule has 0 radical (unpaired) electrons. The molecule has 1 amide bonds. The summed E-state index contributed by atoms with van der Waals surface area (Å²) in [4.78, 5) is 11.2. The summed E-state index contributed by atoms with van der Waals surface area (Å²) in [5.41, 5.74) is 1.14. The zero-order valence-electron chi connectivity index (χ0n) is 11.8. The first-order valence-corrected chi connectivity index (χ1v) is 6.95. The van der Waals surface area contributed by atoms with E-state index in [1.165, 1.54) is 6.92 Å². The molecule has 1 aromatic rings. The Kier molecular flexibility index (Phi) is 5.11. The van der Waals surface area contributed by atoms with Crippen LogP contribution in [0.3, 0.4) is 0 Å². The van der Waals surface area contributed by atoms with Crippen molar-refractivity contribution < 1.29 is 14.6 Å². The topological polar surface area (TPSA) is 70.6 Å². The van der Waals surface area contributed by atoms with E-state index in [1.54, 1.807) is 0 Å². The number of rotatable bonds is 5. The summed E-state index contributed by atoms with van der Waals surface area (Å²) in [5, 5.41) is 16.4. The summed E-state index contributed by atoms with van der Waals surface area (Å²) >= 11 is 0. The number of anilines is 1. The second kappa shape index (κ2) is 6.83. The zero-order valence-corrected chi connectivity index (χ0v) is 11.8. The summed E-state index contributed by atoms with van der Waals surface area (Å²) < 4.78 is 5.26. The third kappa shape index (κ3) is 4.30. The number of carbonyl (C=O) groups excluding carboxylic acids is 1. The van der Waals surface area contributed by atoms with E-state index >= 15 is 0 Å². The molecule has 20 heavy (non-hydrogen) atoms. The van der Waals surface area contributed by atoms with Gasteiger partial charge in [0, 0.05) is 51.8 Å². The lowest BCUT2D eigenvalue weighted by atomic mass is 9.94. The van der Waals surface area contributed by atoms with Gasteiger partial charge in [0.2, 0.25) is 5.91 Å². The Morgan fingerprint density at radius 3 is 2.75 bits per heavy atom. The first-order valence-electron chi connectivity index (χ1n) is 6.95. The normalized spacial score (nSPS) is 17.7. The van der Waals surface area contributed by atoms with Gasteiger partial charge in [-0.2, -0.15) is 0 Å². The largest absolute Gasteiger partial charge is 0.388 e. The molecule has 1 saturated heterocycles. The molecule has 0 bridgehead atoms. The monoisotopic (exact) mass is 278 g/mol. The maximum atomic E-state index is 11.2. The molecule has 110 valence electrons. The van der Waals surface area contributed by atoms with Gasteiger partial charge < -0.3 is 20.5 Å². The fraction of sp³-hybridized carbons (Fsp3) is 0.533. The lowest BCUT2D eigenvalue weighted by Gasteiger charge is -2.32. The van der Waals surface area contributed by atoms with Gasteiger partial charge in [-0.05, 0) is 11.6 Å². The first kappa shape index (κ1) is 15.0. The molecule has 0 saturated carbocycles. The highest BCUT2D eigenvalue weighted by Crippen LogP contribution is 2.20. The molecule has 5 heteroatoms. The molecule has 0 aliphatic carbocycles. The van der Waals surface area contributed by atoms with Crippen molar-refractivity contribution in [1.29, 1.82) is 0 Å². The summed E-state index contributed by atoms with van der Waals surface area (Å²) in [7, 11) is 0. The average Bonchev–Trinajstić information content (AvgIpc) is 2.41. The second-order valence-corrected chi connectivity index (χ2v) is 5.28. The number of para-hydroxylation sites is 1. The van der Waals surface area contributed by atoms with E-state index in [2.05, 4.69) is 10.6 Å². The van der Waals surface area contributed by atoms with Crippen LogP contribution in [0.2, 0.25) is 0 Å². The van der Waals surface area contributed by atoms with Crippen LogP contribution >= 0.6 is 0 Å². The van der Waals surface area contributed by atoms with Gasteiger partial charge in [-0.1, -0.05) is 18.2 Å². The Balaban J connectivity index is 1.89. The predicted octanol–water partition coefficient (Wildman–Crippen LogP) is 1.28. The quantitative estimate of drug-likeness (QED) is 0.759. The first-order chi connectivity index (χ1) is 9.59. The predicted molar refractivity (Wildman–Crippen MR) is 77.5 cm³/mol. The number of hydrogen-bond acceptors (Lipinski definition) is 4. The molecule has 3 N–H and O–H groups in total. The van der Waals surface area contributed by atoms with Crippen molar-refractivity contribution in [1.82, 2.24) is 5.32 Å². The van der Waals surface area contributed by atoms with Crippen molar-refractivity contribution in [2.24, 2.45) is 0 Å². The number of ether oxygens (including phenoxy) is 1. The molecule has 1 heterocycles. The fourth-order valence-electron chi connectivity index (χ4n) is 2.34. The van der Waals surface area contributed by atoms with Gasteiger partial charge in [0.25, 0.3) is 0 Å². The van der Waals surface area contributed by atoms with Crippen LogP contribution in [0, 0.1) is 0 Å². The van der Waals surface area contributed by atoms with Gasteiger partial charge in [-0.3, -0.25) is 4.79 Å². The van der Waals surface area contributed by atoms with Gasteiger partial charge in [0.05, 0.1) is 5.60 Å². The van der Waals surface area contributed by atoms with E-state index in [1.807, 2.05) is 24.3 Å². The Hall–Kier alpha value is -1.43. The van der Waals surface area contributed by atoms with Crippen LogP contribution in [0.15, 0.2) is 24.3 Å². The standard InChI is InChI=1S/C15H22N2O3/c1-12(18)17-14-5-3-2-4-13(14)10-16-11-15(19)6-8-20-9-7-15/h2-5,16,19H,6-11H2,1H3,(H,17,18). The minimum absolute atomic E-state index is 0.0829. The SMILES string of the molecule is CC(=O)Nc1ccccc1CNCC1(O)CCOCC1. The van der Waals surface area contributed by atoms with Crippen LogP contribution in [0.4, 0.5) is 5.69 Å². The van der Waals surface area contributed by atoms with Gasteiger partial charge in [0.15, 0.2) is 0 Å². The number of benzene rings is 1. The molecule has 5 nitrogen and oxygen atoms in total. The number of nitrogens with one attached hydrogen (secondary N) is 2. The Bertz CT molecular complexity index is 456. The highest BCUT2D eigenvalue weighted by molar-refractivity contribution is 5.89. The van der Waals surface area contributed by atoms with Crippen molar-refractivity contribution in [2.75, 3.05) is 25.1 Å². The maximum absolute atomic E-state index is 11.2. The number of carbonyl (C=O) groups is 1. The van der Waals surface area contributed by atoms with E-state index in [-0.39, 0.29) is 5.91 Å². The lowest BCUT2D eigenvalue weighted by Crippen LogP contribution is -2.44. The van der Waals surface area contributed by atoms with E-state index in [0.717, 1.165) is 11.3 Å². The Morgan fingerprint density at radius 2 is 2.05 bits per heavy atom. The van der Waals surface area contributed by atoms with E-state index in [4.69, 9.17) is 4.74 Å². The Morgan fingerprint density at radius 1 is 1.35 bits per heavy atom. The van der Waals surface area contributed by atoms with E-state index < -0.39 is 5.60 Å². The summed E-state index contributed by atoms with van der Waals surface area (Å²) in [6, 6.07) is 7.67. The van der Waals surface area contributed by atoms with Crippen LogP contribution in [0.5, 0.6) is 0 Å². The smallest absolute Gasteiger partial charge is 0.221 e. The summed E-state index contributed by atoms with van der Waals surface area (Å²) in [6.45, 7) is 3.86. The van der Waals surface area contributed by atoms with Crippen molar-refractivity contribution in [3.8, 4) is 0 Å². The summed E-state index contributed by atoms with van der Waals surface area (Å²) in [6.07, 6.45) is 1.32. The zero-order chi connectivity index (χ0) is 14.4. The van der Waals surface area contributed by atoms with Gasteiger partial charge in [-0.15, -0.1) is 0 Å². The number of hydrogen-bond donors (Lipinski definition) is 3. The molecule has 1 fully saturated rings. The number of amides is 1. The van der Waals surface area contributed by atoms with E-state index in [0.29, 0.717) is 39.1 Å². The second-order valence-electron chi connectivity index (χ2n) is 5.28. The highest BCUT2D eigenvalue weighted by atomic mass is 16.5. The van der Waals surface area contributed by atoms with Gasteiger partial charge in [-0.25, -0.2) is 0 Å². The molecular weight excluding hydrogens is 256 g/mol. The molecule has 0 unspecified atom stereocenters. The minimum atomic E-state index is -0.679. The van der Waals surface area contributed by atoms with Crippen molar-refractivity contribution in [3.05, 3.63) is 29.8 Å². The molecule has 1 aromatic carbocycles. The molecule has 2 rings (SSSR count). The van der Waals surface area contributed by atoms with Crippen LogP contribution in [-0.2, 0) is 16.1 Å². The molecular formula is C15H22N2O3. The molecule has 0 spiro atoms. The maximum Gasteiger partial charge on any atom is 0.221 e. The van der Waals surface area contributed by atoms with Gasteiger partial charge >= 0.3 is 0 Å². The van der Waals surface area contributed by atoms with Crippen LogP contribution < -0.4 is 10.6 Å². The molecule has 1 aliphatic rings. The van der Waals surface area contributed by atoms with Crippen LogP contribution in [-0.4, -0.2) is 36.4 Å². The Labute approximate surface area is 119 Å². The van der Waals surface area contributed by atoms with Gasteiger partial charge in [0.1, 0.15) is 0 Å². The average molecular weight is 278 g/mol. The number of aliphatic hydroxyl groups is 1. The van der Waals surface area contributed by atoms with E-state index in [9.17, 15) is 9.90 Å². The third-order valence-corrected chi connectivity index (χ3v) is 3.52. The lowest BCUT2D eigenvalue weighted by molar-refractivity contribution is -0.114. The van der Waals surface area contributed by atoms with Crippen LogP contribution in [0.1, 0.15) is 25.3 Å². The molecule has 0 atom stereocenters. The molecule has 0 aromatic heterocycles. The van der Waals surface area contributed by atoms with Crippen molar-refractivity contribution >= 4 is 11.6 Å². The van der Waals surface area contributed by atoms with Crippen LogP contribution in [0.25, 0.3) is 0 Å². The summed E-state index contributed by atoms with van der Waals surface area (Å²) in [5.74, 6) is -0.0829. The minimum Gasteiger partial charge on any atom is -0.388 e. The van der Waals surface area contributed by atoms with Crippen molar-refractivity contribution in [3.63, 3.8) is 0 Å².